The number of rotatable bonds is 4. The predicted octanol–water partition coefficient (Wildman–Crippen LogP) is 1.31. The Bertz CT molecular complexity index is 108. The van der Waals surface area contributed by atoms with Gasteiger partial charge in [0.2, 0.25) is 0 Å². The Morgan fingerprint density at radius 3 is 2.09 bits per heavy atom. The van der Waals surface area contributed by atoms with Crippen molar-refractivity contribution in [3.63, 3.8) is 0 Å². The standard InChI is InChI=1S/C9H22N2/c1-6-9(2,3)8(10)7-11(4)5/h8H,6-7,10H2,1-5H3. The third-order valence-electron chi connectivity index (χ3n) is 2.48. The molecule has 0 radical (unpaired) electrons. The van der Waals surface area contributed by atoms with Crippen LogP contribution < -0.4 is 5.73 Å². The molecule has 0 amide bonds. The van der Waals surface area contributed by atoms with Gasteiger partial charge in [-0.05, 0) is 25.9 Å². The van der Waals surface area contributed by atoms with Gasteiger partial charge in [0.05, 0.1) is 0 Å². The third kappa shape index (κ3) is 3.73. The first-order chi connectivity index (χ1) is 4.90. The highest BCUT2D eigenvalue weighted by Gasteiger charge is 2.24. The maximum atomic E-state index is 6.02. The number of nitrogens with zero attached hydrogens (tertiary/aromatic N) is 1. The molecule has 2 heteroatoms. The number of nitrogens with two attached hydrogens (primary N) is 1. The lowest BCUT2D eigenvalue weighted by molar-refractivity contribution is 0.223. The largest absolute Gasteiger partial charge is 0.326 e. The van der Waals surface area contributed by atoms with Crippen molar-refractivity contribution in [1.82, 2.24) is 4.90 Å². The molecule has 2 nitrogen and oxygen atoms in total. The van der Waals surface area contributed by atoms with E-state index in [1.165, 1.54) is 0 Å². The van der Waals surface area contributed by atoms with E-state index in [4.69, 9.17) is 5.73 Å². The lowest BCUT2D eigenvalue weighted by Gasteiger charge is -2.32. The summed E-state index contributed by atoms with van der Waals surface area (Å²) in [4.78, 5) is 2.14. The second-order valence-corrected chi connectivity index (χ2v) is 4.21. The van der Waals surface area contributed by atoms with Crippen LogP contribution in [0.15, 0.2) is 0 Å². The minimum Gasteiger partial charge on any atom is -0.326 e. The van der Waals surface area contributed by atoms with Crippen molar-refractivity contribution < 1.29 is 0 Å². The second kappa shape index (κ2) is 4.07. The highest BCUT2D eigenvalue weighted by Crippen LogP contribution is 2.23. The summed E-state index contributed by atoms with van der Waals surface area (Å²) in [6.07, 6.45) is 1.14. The summed E-state index contributed by atoms with van der Waals surface area (Å²) < 4.78 is 0. The monoisotopic (exact) mass is 158 g/mol. The molecule has 68 valence electrons. The number of hydrogen-bond donors (Lipinski definition) is 1. The minimum atomic E-state index is 0.268. The molecule has 1 unspecified atom stereocenters. The molecule has 0 rings (SSSR count). The molecule has 0 aromatic heterocycles. The number of likely N-dealkylation sites (N-methyl/N-ethyl adjacent to an activating group) is 1. The topological polar surface area (TPSA) is 29.3 Å². The van der Waals surface area contributed by atoms with Crippen molar-refractivity contribution in [2.75, 3.05) is 20.6 Å². The van der Waals surface area contributed by atoms with E-state index in [2.05, 4.69) is 39.8 Å². The zero-order valence-corrected chi connectivity index (χ0v) is 8.52. The molecular weight excluding hydrogens is 136 g/mol. The first-order valence-electron chi connectivity index (χ1n) is 4.30. The average molecular weight is 158 g/mol. The van der Waals surface area contributed by atoms with E-state index in [0.717, 1.165) is 13.0 Å². The molecule has 2 N–H and O–H groups in total. The highest BCUT2D eigenvalue weighted by molar-refractivity contribution is 4.81. The van der Waals surface area contributed by atoms with Crippen LogP contribution in [-0.4, -0.2) is 31.6 Å². The van der Waals surface area contributed by atoms with Crippen LogP contribution in [0.2, 0.25) is 0 Å². The van der Waals surface area contributed by atoms with Crippen LogP contribution >= 0.6 is 0 Å². The molecule has 1 atom stereocenters. The van der Waals surface area contributed by atoms with Crippen LogP contribution in [0, 0.1) is 5.41 Å². The van der Waals surface area contributed by atoms with Gasteiger partial charge in [-0.2, -0.15) is 0 Å². The van der Waals surface area contributed by atoms with Crippen molar-refractivity contribution in [3.8, 4) is 0 Å². The van der Waals surface area contributed by atoms with E-state index in [1.54, 1.807) is 0 Å². The second-order valence-electron chi connectivity index (χ2n) is 4.21. The first kappa shape index (κ1) is 10.9. The van der Waals surface area contributed by atoms with Crippen molar-refractivity contribution in [1.29, 1.82) is 0 Å². The van der Waals surface area contributed by atoms with Crippen LogP contribution in [0.25, 0.3) is 0 Å². The summed E-state index contributed by atoms with van der Waals surface area (Å²) in [5.41, 5.74) is 6.29. The Labute approximate surface area is 70.8 Å². The molecular formula is C9H22N2. The van der Waals surface area contributed by atoms with Gasteiger partial charge in [-0.3, -0.25) is 0 Å². The zero-order valence-electron chi connectivity index (χ0n) is 8.52. The van der Waals surface area contributed by atoms with Crippen molar-refractivity contribution in [2.45, 2.75) is 33.2 Å². The first-order valence-corrected chi connectivity index (χ1v) is 4.30. The molecule has 0 spiro atoms. The number of hydrogen-bond acceptors (Lipinski definition) is 2. The van der Waals surface area contributed by atoms with Crippen LogP contribution in [-0.2, 0) is 0 Å². The fourth-order valence-electron chi connectivity index (χ4n) is 0.903. The average Bonchev–Trinajstić information content (AvgIpc) is 1.86. The molecule has 0 heterocycles. The van der Waals surface area contributed by atoms with Gasteiger partial charge in [-0.15, -0.1) is 0 Å². The molecule has 0 bridgehead atoms. The van der Waals surface area contributed by atoms with E-state index < -0.39 is 0 Å². The summed E-state index contributed by atoms with van der Waals surface area (Å²) in [5.74, 6) is 0. The third-order valence-corrected chi connectivity index (χ3v) is 2.48. The Balaban J connectivity index is 3.90. The molecule has 0 aliphatic rings. The van der Waals surface area contributed by atoms with Crippen LogP contribution in [0.4, 0.5) is 0 Å². The van der Waals surface area contributed by atoms with Gasteiger partial charge in [-0.1, -0.05) is 20.8 Å². The van der Waals surface area contributed by atoms with E-state index in [1.807, 2.05) is 0 Å². The smallest absolute Gasteiger partial charge is 0.0219 e. The van der Waals surface area contributed by atoms with Gasteiger partial charge < -0.3 is 10.6 Å². The Hall–Kier alpha value is -0.0800. The summed E-state index contributed by atoms with van der Waals surface area (Å²) >= 11 is 0. The molecule has 0 aromatic carbocycles. The zero-order chi connectivity index (χ0) is 9.07. The lowest BCUT2D eigenvalue weighted by Crippen LogP contribution is -2.44. The van der Waals surface area contributed by atoms with Gasteiger partial charge in [0.15, 0.2) is 0 Å². The van der Waals surface area contributed by atoms with Crippen molar-refractivity contribution >= 4 is 0 Å². The molecule has 11 heavy (non-hydrogen) atoms. The van der Waals surface area contributed by atoms with E-state index in [-0.39, 0.29) is 11.5 Å². The van der Waals surface area contributed by atoms with Crippen molar-refractivity contribution in [2.24, 2.45) is 11.1 Å². The fourth-order valence-corrected chi connectivity index (χ4v) is 0.903. The SMILES string of the molecule is CCC(C)(C)C(N)CN(C)C. The molecule has 0 saturated heterocycles. The molecule has 0 aliphatic heterocycles. The van der Waals surface area contributed by atoms with E-state index >= 15 is 0 Å². The molecule has 0 aliphatic carbocycles. The van der Waals surface area contributed by atoms with Gasteiger partial charge >= 0.3 is 0 Å². The highest BCUT2D eigenvalue weighted by atomic mass is 15.1. The van der Waals surface area contributed by atoms with E-state index in [9.17, 15) is 0 Å². The summed E-state index contributed by atoms with van der Waals surface area (Å²) in [5, 5.41) is 0. The van der Waals surface area contributed by atoms with E-state index in [0.29, 0.717) is 0 Å². The Morgan fingerprint density at radius 1 is 1.36 bits per heavy atom. The minimum absolute atomic E-state index is 0.268. The predicted molar refractivity (Wildman–Crippen MR) is 50.6 cm³/mol. The Morgan fingerprint density at radius 2 is 1.82 bits per heavy atom. The normalized spacial score (nSPS) is 15.5. The van der Waals surface area contributed by atoms with Gasteiger partial charge in [0, 0.05) is 12.6 Å². The maximum Gasteiger partial charge on any atom is 0.0219 e. The summed E-state index contributed by atoms with van der Waals surface area (Å²) in [7, 11) is 4.12. The summed E-state index contributed by atoms with van der Waals surface area (Å²) in [6, 6.07) is 0.280. The quantitative estimate of drug-likeness (QED) is 0.668. The Kier molecular flexibility index (Phi) is 4.04. The summed E-state index contributed by atoms with van der Waals surface area (Å²) in [6.45, 7) is 7.61. The van der Waals surface area contributed by atoms with Crippen LogP contribution in [0.5, 0.6) is 0 Å². The van der Waals surface area contributed by atoms with Gasteiger partial charge in [0.25, 0.3) is 0 Å². The van der Waals surface area contributed by atoms with Crippen molar-refractivity contribution in [3.05, 3.63) is 0 Å². The van der Waals surface area contributed by atoms with Crippen LogP contribution in [0.1, 0.15) is 27.2 Å². The molecule has 0 fully saturated rings. The lowest BCUT2D eigenvalue weighted by atomic mass is 9.82. The van der Waals surface area contributed by atoms with Gasteiger partial charge in [0.1, 0.15) is 0 Å². The van der Waals surface area contributed by atoms with Gasteiger partial charge in [-0.25, -0.2) is 0 Å². The fraction of sp³-hybridized carbons (Fsp3) is 1.00. The van der Waals surface area contributed by atoms with Crippen LogP contribution in [0.3, 0.4) is 0 Å². The molecule has 0 saturated carbocycles. The molecule has 0 aromatic rings. The maximum absolute atomic E-state index is 6.02.